The second kappa shape index (κ2) is 5.71. The summed E-state index contributed by atoms with van der Waals surface area (Å²) in [5.41, 5.74) is 0.583. The average Bonchev–Trinajstić information content (AvgIpc) is 2.61. The molecule has 0 spiro atoms. The van der Waals surface area contributed by atoms with Gasteiger partial charge in [-0.15, -0.1) is 0 Å². The largest absolute Gasteiger partial charge is 0.314 e. The van der Waals surface area contributed by atoms with Gasteiger partial charge in [0.1, 0.15) is 0 Å². The number of hydrogen-bond acceptors (Lipinski definition) is 2. The second-order valence-electron chi connectivity index (χ2n) is 6.98. The predicted octanol–water partition coefficient (Wildman–Crippen LogP) is 3.03. The Morgan fingerprint density at radius 2 is 2.06 bits per heavy atom. The zero-order valence-electron chi connectivity index (χ0n) is 12.0. The normalized spacial score (nSPS) is 34.1. The van der Waals surface area contributed by atoms with E-state index in [0.29, 0.717) is 5.41 Å². The molecule has 1 N–H and O–H groups in total. The van der Waals surface area contributed by atoms with Crippen LogP contribution in [0.2, 0.25) is 0 Å². The molecule has 1 saturated carbocycles. The van der Waals surface area contributed by atoms with Crippen LogP contribution in [0.1, 0.15) is 58.8 Å². The Labute approximate surface area is 107 Å². The van der Waals surface area contributed by atoms with E-state index in [0.717, 1.165) is 12.1 Å². The maximum atomic E-state index is 3.78. The molecular weight excluding hydrogens is 208 g/mol. The fourth-order valence-corrected chi connectivity index (χ4v) is 3.57. The molecule has 17 heavy (non-hydrogen) atoms. The first-order chi connectivity index (χ1) is 8.07. The zero-order valence-corrected chi connectivity index (χ0v) is 12.0. The molecule has 0 amide bonds. The van der Waals surface area contributed by atoms with E-state index in [-0.39, 0.29) is 0 Å². The highest BCUT2D eigenvalue weighted by Gasteiger charge is 2.30. The highest BCUT2D eigenvalue weighted by atomic mass is 15.1. The van der Waals surface area contributed by atoms with Crippen LogP contribution in [0.5, 0.6) is 0 Å². The Balaban J connectivity index is 1.63. The zero-order chi connectivity index (χ0) is 12.3. The van der Waals surface area contributed by atoms with E-state index < -0.39 is 0 Å². The van der Waals surface area contributed by atoms with Crippen LogP contribution in [-0.4, -0.2) is 37.1 Å². The van der Waals surface area contributed by atoms with Crippen LogP contribution in [0.4, 0.5) is 0 Å². The quantitative estimate of drug-likeness (QED) is 0.810. The molecule has 1 aliphatic carbocycles. The van der Waals surface area contributed by atoms with E-state index in [1.807, 2.05) is 0 Å². The number of nitrogens with zero attached hydrogens (tertiary/aromatic N) is 1. The van der Waals surface area contributed by atoms with E-state index in [9.17, 15) is 0 Å². The lowest BCUT2D eigenvalue weighted by Gasteiger charge is -2.32. The van der Waals surface area contributed by atoms with Crippen LogP contribution in [0.25, 0.3) is 0 Å². The van der Waals surface area contributed by atoms with Crippen molar-refractivity contribution in [3.05, 3.63) is 0 Å². The Kier molecular flexibility index (Phi) is 4.48. The van der Waals surface area contributed by atoms with E-state index in [1.165, 1.54) is 58.0 Å². The lowest BCUT2D eigenvalue weighted by atomic mass is 9.92. The molecule has 1 aliphatic heterocycles. The molecule has 0 bridgehead atoms. The van der Waals surface area contributed by atoms with E-state index in [2.05, 4.69) is 31.1 Å². The summed E-state index contributed by atoms with van der Waals surface area (Å²) in [6.45, 7) is 7.34. The van der Waals surface area contributed by atoms with Gasteiger partial charge in [-0.05, 0) is 64.1 Å². The lowest BCUT2D eigenvalue weighted by Crippen LogP contribution is -2.39. The van der Waals surface area contributed by atoms with Crippen LogP contribution < -0.4 is 5.32 Å². The van der Waals surface area contributed by atoms with Crippen molar-refractivity contribution in [1.82, 2.24) is 10.2 Å². The fraction of sp³-hybridized carbons (Fsp3) is 1.00. The first-order valence-corrected chi connectivity index (χ1v) is 7.50. The summed E-state index contributed by atoms with van der Waals surface area (Å²) >= 11 is 0. The average molecular weight is 238 g/mol. The summed E-state index contributed by atoms with van der Waals surface area (Å²) in [4.78, 5) is 2.56. The van der Waals surface area contributed by atoms with Gasteiger partial charge in [0.25, 0.3) is 0 Å². The van der Waals surface area contributed by atoms with Crippen molar-refractivity contribution in [3.8, 4) is 0 Å². The number of hydrogen-bond donors (Lipinski definition) is 1. The number of likely N-dealkylation sites (tertiary alicyclic amines) is 1. The van der Waals surface area contributed by atoms with Crippen LogP contribution in [0, 0.1) is 5.41 Å². The maximum Gasteiger partial charge on any atom is 0.0104 e. The first-order valence-electron chi connectivity index (χ1n) is 7.50. The standard InChI is InChI=1S/C15H30N2/c1-15(2)9-7-13(12-15)16-10-8-14-6-4-5-11-17(14)3/h13-14,16H,4-12H2,1-3H3. The minimum Gasteiger partial charge on any atom is -0.314 e. The van der Waals surface area contributed by atoms with Crippen LogP contribution >= 0.6 is 0 Å². The molecule has 0 aromatic heterocycles. The molecule has 2 fully saturated rings. The summed E-state index contributed by atoms with van der Waals surface area (Å²) in [5, 5.41) is 3.78. The van der Waals surface area contributed by atoms with Crippen molar-refractivity contribution in [2.24, 2.45) is 5.41 Å². The molecule has 1 saturated heterocycles. The van der Waals surface area contributed by atoms with Gasteiger partial charge in [0.05, 0.1) is 0 Å². The highest BCUT2D eigenvalue weighted by molar-refractivity contribution is 4.86. The molecule has 2 heteroatoms. The third kappa shape index (κ3) is 3.96. The van der Waals surface area contributed by atoms with Crippen molar-refractivity contribution in [2.45, 2.75) is 70.9 Å². The summed E-state index contributed by atoms with van der Waals surface area (Å²) in [6, 6.07) is 1.63. The number of piperidine rings is 1. The maximum absolute atomic E-state index is 3.78. The van der Waals surface area contributed by atoms with Crippen molar-refractivity contribution in [1.29, 1.82) is 0 Å². The first kappa shape index (κ1) is 13.4. The third-order valence-corrected chi connectivity index (χ3v) is 4.80. The SMILES string of the molecule is CN1CCCCC1CCNC1CCC(C)(C)C1. The monoisotopic (exact) mass is 238 g/mol. The second-order valence-corrected chi connectivity index (χ2v) is 6.98. The molecule has 0 aromatic carbocycles. The third-order valence-electron chi connectivity index (χ3n) is 4.80. The Hall–Kier alpha value is -0.0800. The summed E-state index contributed by atoms with van der Waals surface area (Å²) in [6.07, 6.45) is 9.74. The molecule has 2 aliphatic rings. The molecule has 2 nitrogen and oxygen atoms in total. The molecule has 2 rings (SSSR count). The van der Waals surface area contributed by atoms with Gasteiger partial charge in [-0.1, -0.05) is 20.3 Å². The van der Waals surface area contributed by atoms with Gasteiger partial charge in [-0.25, -0.2) is 0 Å². The predicted molar refractivity (Wildman–Crippen MR) is 74.3 cm³/mol. The molecular formula is C15H30N2. The van der Waals surface area contributed by atoms with Gasteiger partial charge in [-0.3, -0.25) is 0 Å². The van der Waals surface area contributed by atoms with Gasteiger partial charge in [-0.2, -0.15) is 0 Å². The van der Waals surface area contributed by atoms with Gasteiger partial charge >= 0.3 is 0 Å². The minimum atomic E-state index is 0.583. The fourth-order valence-electron chi connectivity index (χ4n) is 3.57. The van der Waals surface area contributed by atoms with Crippen LogP contribution in [-0.2, 0) is 0 Å². The molecule has 0 aromatic rings. The van der Waals surface area contributed by atoms with Crippen molar-refractivity contribution in [3.63, 3.8) is 0 Å². The smallest absolute Gasteiger partial charge is 0.0104 e. The van der Waals surface area contributed by atoms with E-state index in [1.54, 1.807) is 0 Å². The van der Waals surface area contributed by atoms with Gasteiger partial charge < -0.3 is 10.2 Å². The van der Waals surface area contributed by atoms with Crippen molar-refractivity contribution in [2.75, 3.05) is 20.1 Å². The van der Waals surface area contributed by atoms with Gasteiger partial charge in [0.2, 0.25) is 0 Å². The Bertz CT molecular complexity index is 237. The summed E-state index contributed by atoms with van der Waals surface area (Å²) < 4.78 is 0. The summed E-state index contributed by atoms with van der Waals surface area (Å²) in [7, 11) is 2.29. The van der Waals surface area contributed by atoms with Crippen molar-refractivity contribution < 1.29 is 0 Å². The lowest BCUT2D eigenvalue weighted by molar-refractivity contribution is 0.174. The Morgan fingerprint density at radius 1 is 1.24 bits per heavy atom. The topological polar surface area (TPSA) is 15.3 Å². The number of rotatable bonds is 4. The minimum absolute atomic E-state index is 0.583. The van der Waals surface area contributed by atoms with Crippen LogP contribution in [0.15, 0.2) is 0 Å². The molecule has 100 valence electrons. The molecule has 1 heterocycles. The van der Waals surface area contributed by atoms with Gasteiger partial charge in [0, 0.05) is 12.1 Å². The summed E-state index contributed by atoms with van der Waals surface area (Å²) in [5.74, 6) is 0. The highest BCUT2D eigenvalue weighted by Crippen LogP contribution is 2.36. The molecule has 0 radical (unpaired) electrons. The number of nitrogens with one attached hydrogen (secondary N) is 1. The molecule has 2 unspecified atom stereocenters. The van der Waals surface area contributed by atoms with E-state index >= 15 is 0 Å². The van der Waals surface area contributed by atoms with E-state index in [4.69, 9.17) is 0 Å². The van der Waals surface area contributed by atoms with Gasteiger partial charge in [0.15, 0.2) is 0 Å². The van der Waals surface area contributed by atoms with Crippen LogP contribution in [0.3, 0.4) is 0 Å². The Morgan fingerprint density at radius 3 is 2.71 bits per heavy atom. The van der Waals surface area contributed by atoms with Crippen molar-refractivity contribution >= 4 is 0 Å². The molecule has 2 atom stereocenters.